The summed E-state index contributed by atoms with van der Waals surface area (Å²) in [5.41, 5.74) is 1.87. The van der Waals surface area contributed by atoms with Crippen molar-refractivity contribution >= 4 is 44.7 Å². The summed E-state index contributed by atoms with van der Waals surface area (Å²) in [5.74, 6) is 0.399. The summed E-state index contributed by atoms with van der Waals surface area (Å²) in [4.78, 5) is 13.4. The molecule has 0 aliphatic carbocycles. The molecule has 1 heterocycles. The molecule has 0 aliphatic heterocycles. The molecular formula is C20H20N2O3S3. The summed E-state index contributed by atoms with van der Waals surface area (Å²) in [6.45, 7) is -0.252. The van der Waals surface area contributed by atoms with Crippen LogP contribution in [0, 0.1) is 0 Å². The van der Waals surface area contributed by atoms with Crippen molar-refractivity contribution in [2.75, 3.05) is 18.9 Å². The Kier molecular flexibility index (Phi) is 6.90. The van der Waals surface area contributed by atoms with Crippen LogP contribution in [0.25, 0.3) is 0 Å². The van der Waals surface area contributed by atoms with Gasteiger partial charge in [-0.05, 0) is 29.1 Å². The second-order valence-corrected chi connectivity index (χ2v) is 10.2. The maximum absolute atomic E-state index is 12.5. The van der Waals surface area contributed by atoms with E-state index in [9.17, 15) is 13.2 Å². The number of thiophene rings is 1. The highest BCUT2D eigenvalue weighted by Crippen LogP contribution is 2.30. The van der Waals surface area contributed by atoms with E-state index in [0.29, 0.717) is 5.69 Å². The second kappa shape index (κ2) is 9.38. The molecule has 0 aliphatic rings. The molecule has 0 atom stereocenters. The van der Waals surface area contributed by atoms with Crippen LogP contribution < -0.4 is 5.32 Å². The Morgan fingerprint density at radius 3 is 2.46 bits per heavy atom. The largest absolute Gasteiger partial charge is 0.324 e. The van der Waals surface area contributed by atoms with Crippen LogP contribution in [0.1, 0.15) is 5.56 Å². The normalized spacial score (nSPS) is 11.5. The highest BCUT2D eigenvalue weighted by Gasteiger charge is 2.24. The summed E-state index contributed by atoms with van der Waals surface area (Å²) in [6.07, 6.45) is 0. The van der Waals surface area contributed by atoms with E-state index >= 15 is 0 Å². The zero-order valence-corrected chi connectivity index (χ0v) is 17.7. The van der Waals surface area contributed by atoms with Gasteiger partial charge in [-0.3, -0.25) is 4.79 Å². The van der Waals surface area contributed by atoms with Gasteiger partial charge in [0.15, 0.2) is 0 Å². The molecule has 8 heteroatoms. The van der Waals surface area contributed by atoms with Crippen molar-refractivity contribution in [1.29, 1.82) is 0 Å². The number of hydrogen-bond donors (Lipinski definition) is 1. The summed E-state index contributed by atoms with van der Waals surface area (Å²) >= 11 is 2.75. The van der Waals surface area contributed by atoms with E-state index in [4.69, 9.17) is 0 Å². The van der Waals surface area contributed by atoms with Gasteiger partial charge >= 0.3 is 0 Å². The average molecular weight is 433 g/mol. The van der Waals surface area contributed by atoms with E-state index in [2.05, 4.69) is 17.4 Å². The van der Waals surface area contributed by atoms with Gasteiger partial charge in [-0.15, -0.1) is 23.1 Å². The maximum Gasteiger partial charge on any atom is 0.252 e. The van der Waals surface area contributed by atoms with Gasteiger partial charge in [0, 0.05) is 17.7 Å². The first-order chi connectivity index (χ1) is 13.5. The number of anilines is 1. The minimum Gasteiger partial charge on any atom is -0.324 e. The van der Waals surface area contributed by atoms with E-state index in [-0.39, 0.29) is 16.7 Å². The van der Waals surface area contributed by atoms with Crippen molar-refractivity contribution in [3.05, 3.63) is 77.7 Å². The predicted octanol–water partition coefficient (Wildman–Crippen LogP) is 4.30. The SMILES string of the molecule is CN(CC(=O)Nc1ccccc1SCc1ccccc1)S(=O)(=O)c1cccs1. The molecule has 1 amide bonds. The van der Waals surface area contributed by atoms with Crippen LogP contribution in [-0.2, 0) is 20.6 Å². The Labute approximate surface area is 173 Å². The lowest BCUT2D eigenvalue weighted by atomic mass is 10.2. The zero-order chi connectivity index (χ0) is 20.0. The van der Waals surface area contributed by atoms with Crippen LogP contribution in [-0.4, -0.2) is 32.2 Å². The maximum atomic E-state index is 12.5. The molecule has 1 aromatic heterocycles. The highest BCUT2D eigenvalue weighted by atomic mass is 32.2. The lowest BCUT2D eigenvalue weighted by molar-refractivity contribution is -0.116. The summed E-state index contributed by atoms with van der Waals surface area (Å²) < 4.78 is 26.2. The Morgan fingerprint density at radius 2 is 1.75 bits per heavy atom. The monoisotopic (exact) mass is 432 g/mol. The summed E-state index contributed by atoms with van der Waals surface area (Å²) in [7, 11) is -2.25. The van der Waals surface area contributed by atoms with Crippen molar-refractivity contribution in [2.45, 2.75) is 14.9 Å². The van der Waals surface area contributed by atoms with Crippen LogP contribution >= 0.6 is 23.1 Å². The molecule has 0 saturated carbocycles. The number of sulfonamides is 1. The number of rotatable bonds is 8. The minimum absolute atomic E-state index is 0.224. The van der Waals surface area contributed by atoms with Crippen molar-refractivity contribution < 1.29 is 13.2 Å². The third kappa shape index (κ3) is 5.23. The number of nitrogens with zero attached hydrogens (tertiary/aromatic N) is 1. The molecule has 3 aromatic rings. The molecule has 0 bridgehead atoms. The Balaban J connectivity index is 1.64. The highest BCUT2D eigenvalue weighted by molar-refractivity contribution is 7.98. The second-order valence-electron chi connectivity index (χ2n) is 6.01. The van der Waals surface area contributed by atoms with Crippen LogP contribution in [0.3, 0.4) is 0 Å². The number of benzene rings is 2. The fraction of sp³-hybridized carbons (Fsp3) is 0.150. The molecule has 0 saturated heterocycles. The molecular weight excluding hydrogens is 412 g/mol. The lowest BCUT2D eigenvalue weighted by Gasteiger charge is -2.16. The number of thioether (sulfide) groups is 1. The van der Waals surface area contributed by atoms with E-state index in [1.807, 2.05) is 42.5 Å². The van der Waals surface area contributed by atoms with Gasteiger partial charge in [0.2, 0.25) is 5.91 Å². The van der Waals surface area contributed by atoms with Gasteiger partial charge in [-0.2, -0.15) is 4.31 Å². The van der Waals surface area contributed by atoms with Crippen molar-refractivity contribution in [3.8, 4) is 0 Å². The van der Waals surface area contributed by atoms with Gasteiger partial charge in [-0.25, -0.2) is 8.42 Å². The Morgan fingerprint density at radius 1 is 1.04 bits per heavy atom. The van der Waals surface area contributed by atoms with E-state index < -0.39 is 10.0 Å². The topological polar surface area (TPSA) is 66.5 Å². The van der Waals surface area contributed by atoms with Crippen LogP contribution in [0.15, 0.2) is 81.2 Å². The first-order valence-electron chi connectivity index (χ1n) is 8.52. The number of para-hydroxylation sites is 1. The molecule has 0 spiro atoms. The molecule has 3 rings (SSSR count). The fourth-order valence-corrected chi connectivity index (χ4v) is 5.76. The van der Waals surface area contributed by atoms with Gasteiger partial charge in [0.05, 0.1) is 12.2 Å². The first-order valence-corrected chi connectivity index (χ1v) is 11.8. The van der Waals surface area contributed by atoms with Gasteiger partial charge in [0.1, 0.15) is 4.21 Å². The van der Waals surface area contributed by atoms with Crippen LogP contribution in [0.4, 0.5) is 5.69 Å². The van der Waals surface area contributed by atoms with E-state index in [0.717, 1.165) is 26.3 Å². The van der Waals surface area contributed by atoms with Gasteiger partial charge in [-0.1, -0.05) is 48.5 Å². The molecule has 2 aromatic carbocycles. The number of carbonyl (C=O) groups is 1. The van der Waals surface area contributed by atoms with Gasteiger partial charge in [0.25, 0.3) is 10.0 Å². The van der Waals surface area contributed by atoms with Crippen molar-refractivity contribution in [3.63, 3.8) is 0 Å². The predicted molar refractivity (Wildman–Crippen MR) is 115 cm³/mol. The van der Waals surface area contributed by atoms with Crippen LogP contribution in [0.2, 0.25) is 0 Å². The van der Waals surface area contributed by atoms with Crippen molar-refractivity contribution in [2.24, 2.45) is 0 Å². The molecule has 0 fully saturated rings. The zero-order valence-electron chi connectivity index (χ0n) is 15.2. The molecule has 1 N–H and O–H groups in total. The van der Waals surface area contributed by atoms with Gasteiger partial charge < -0.3 is 5.32 Å². The number of nitrogens with one attached hydrogen (secondary N) is 1. The van der Waals surface area contributed by atoms with E-state index in [1.54, 1.807) is 23.2 Å². The summed E-state index contributed by atoms with van der Waals surface area (Å²) in [5, 5.41) is 4.53. The molecule has 146 valence electrons. The summed E-state index contributed by atoms with van der Waals surface area (Å²) in [6, 6.07) is 20.8. The first kappa shape index (κ1) is 20.6. The standard InChI is InChI=1S/C20H20N2O3S3/c1-22(28(24,25)20-12-7-13-26-20)14-19(23)21-17-10-5-6-11-18(17)27-15-16-8-3-2-4-9-16/h2-13H,14-15H2,1H3,(H,21,23). The Hall–Kier alpha value is -2.13. The molecule has 0 radical (unpaired) electrons. The molecule has 28 heavy (non-hydrogen) atoms. The third-order valence-electron chi connectivity index (χ3n) is 3.92. The minimum atomic E-state index is -3.65. The molecule has 0 unspecified atom stereocenters. The van der Waals surface area contributed by atoms with Crippen molar-refractivity contribution in [1.82, 2.24) is 4.31 Å². The van der Waals surface area contributed by atoms with E-state index in [1.165, 1.54) is 18.7 Å². The van der Waals surface area contributed by atoms with Crippen LogP contribution in [0.5, 0.6) is 0 Å². The number of carbonyl (C=O) groups excluding carboxylic acids is 1. The Bertz CT molecular complexity index is 1020. The fourth-order valence-electron chi connectivity index (χ4n) is 2.47. The third-order valence-corrected chi connectivity index (χ3v) is 8.25. The average Bonchev–Trinajstić information content (AvgIpc) is 3.23. The lowest BCUT2D eigenvalue weighted by Crippen LogP contribution is -2.34. The number of amides is 1. The smallest absolute Gasteiger partial charge is 0.252 e. The quantitative estimate of drug-likeness (QED) is 0.539. The number of hydrogen-bond acceptors (Lipinski definition) is 5. The molecule has 5 nitrogen and oxygen atoms in total. The number of likely N-dealkylation sites (N-methyl/N-ethyl adjacent to an activating group) is 1.